The fraction of sp³-hybridized carbons (Fsp3) is 0.367. The number of aryl methyl sites for hydroxylation is 2. The van der Waals surface area contributed by atoms with Gasteiger partial charge in [-0.15, -0.1) is 11.3 Å². The van der Waals surface area contributed by atoms with Gasteiger partial charge in [-0.25, -0.2) is 4.79 Å². The maximum Gasteiger partial charge on any atom is 0.341 e. The molecular weight excluding hydrogens is 500 g/mol. The van der Waals surface area contributed by atoms with E-state index in [1.54, 1.807) is 38.1 Å². The molecule has 0 fully saturated rings. The monoisotopic (exact) mass is 534 g/mol. The van der Waals surface area contributed by atoms with Crippen molar-refractivity contribution in [3.63, 3.8) is 0 Å². The highest BCUT2D eigenvalue weighted by molar-refractivity contribution is 7.17. The largest absolute Gasteiger partial charge is 0.481 e. The standard InChI is InChI=1S/C30H34N2O5S/c1-6-36-30(35)26-23-13-7-18(3)16-25(23)38-29(26)32-28(34)21-9-11-22(12-10-21)37-20(5)27(33)31-24-14-8-17(2)15-19(24)4/h8-12,14-15,18,20H,6-7,13,16H2,1-5H3,(H,31,33)(H,32,34)/t18-,20+/m1/s1. The molecule has 4 rings (SSSR count). The Morgan fingerprint density at radius 2 is 1.82 bits per heavy atom. The van der Waals surface area contributed by atoms with Crippen LogP contribution in [0.2, 0.25) is 0 Å². The first-order chi connectivity index (χ1) is 18.2. The Labute approximate surface area is 227 Å². The number of hydrogen-bond acceptors (Lipinski definition) is 6. The predicted molar refractivity (Wildman–Crippen MR) is 150 cm³/mol. The fourth-order valence-corrected chi connectivity index (χ4v) is 5.96. The van der Waals surface area contributed by atoms with Crippen LogP contribution < -0.4 is 15.4 Å². The summed E-state index contributed by atoms with van der Waals surface area (Å²) in [5.74, 6) is 0.0256. The summed E-state index contributed by atoms with van der Waals surface area (Å²) in [5.41, 5.74) is 4.75. The minimum absolute atomic E-state index is 0.263. The lowest BCUT2D eigenvalue weighted by Gasteiger charge is -2.18. The van der Waals surface area contributed by atoms with Crippen molar-refractivity contribution >= 4 is 39.8 Å². The van der Waals surface area contributed by atoms with Gasteiger partial charge < -0.3 is 20.1 Å². The summed E-state index contributed by atoms with van der Waals surface area (Å²) in [6.07, 6.45) is 1.97. The Bertz CT molecular complexity index is 1350. The molecule has 8 heteroatoms. The second-order valence-electron chi connectivity index (χ2n) is 9.82. The summed E-state index contributed by atoms with van der Waals surface area (Å²) in [6.45, 7) is 9.87. The number of rotatable bonds is 8. The van der Waals surface area contributed by atoms with E-state index in [2.05, 4.69) is 17.6 Å². The van der Waals surface area contributed by atoms with Gasteiger partial charge in [-0.2, -0.15) is 0 Å². The van der Waals surface area contributed by atoms with Crippen molar-refractivity contribution in [2.45, 2.75) is 60.0 Å². The molecule has 0 saturated carbocycles. The average Bonchev–Trinajstić information content (AvgIpc) is 3.22. The first kappa shape index (κ1) is 27.4. The van der Waals surface area contributed by atoms with E-state index in [4.69, 9.17) is 9.47 Å². The average molecular weight is 535 g/mol. The van der Waals surface area contributed by atoms with Crippen LogP contribution in [0.3, 0.4) is 0 Å². The van der Waals surface area contributed by atoms with Gasteiger partial charge in [0.05, 0.1) is 12.2 Å². The summed E-state index contributed by atoms with van der Waals surface area (Å²) in [5, 5.41) is 6.36. The SMILES string of the molecule is CCOC(=O)c1c(NC(=O)c2ccc(O[C@@H](C)C(=O)Nc3ccc(C)cc3C)cc2)sc2c1CC[C@@H](C)C2. The lowest BCUT2D eigenvalue weighted by atomic mass is 9.88. The fourth-order valence-electron chi connectivity index (χ4n) is 4.56. The minimum Gasteiger partial charge on any atom is -0.481 e. The van der Waals surface area contributed by atoms with Gasteiger partial charge in [0.2, 0.25) is 0 Å². The Morgan fingerprint density at radius 3 is 2.50 bits per heavy atom. The first-order valence-corrected chi connectivity index (χ1v) is 13.8. The molecule has 1 heterocycles. The van der Waals surface area contributed by atoms with Crippen LogP contribution in [0, 0.1) is 19.8 Å². The molecule has 1 aliphatic carbocycles. The molecule has 1 aliphatic rings. The molecule has 2 atom stereocenters. The van der Waals surface area contributed by atoms with Crippen LogP contribution >= 0.6 is 11.3 Å². The van der Waals surface area contributed by atoms with Crippen LogP contribution in [0.25, 0.3) is 0 Å². The highest BCUT2D eigenvalue weighted by atomic mass is 32.1. The van der Waals surface area contributed by atoms with E-state index in [1.807, 2.05) is 32.0 Å². The number of amides is 2. The van der Waals surface area contributed by atoms with Crippen LogP contribution in [-0.2, 0) is 22.4 Å². The number of thiophene rings is 1. The molecule has 0 saturated heterocycles. The number of nitrogens with one attached hydrogen (secondary N) is 2. The van der Waals surface area contributed by atoms with Gasteiger partial charge in [-0.05, 0) is 94.3 Å². The number of anilines is 2. The predicted octanol–water partition coefficient (Wildman–Crippen LogP) is 6.32. The number of benzene rings is 2. The number of carbonyl (C=O) groups excluding carboxylic acids is 3. The molecule has 2 aromatic carbocycles. The number of hydrogen-bond donors (Lipinski definition) is 2. The van der Waals surface area contributed by atoms with Crippen molar-refractivity contribution in [1.29, 1.82) is 0 Å². The van der Waals surface area contributed by atoms with Gasteiger partial charge >= 0.3 is 5.97 Å². The molecule has 38 heavy (non-hydrogen) atoms. The maximum absolute atomic E-state index is 13.1. The zero-order chi connectivity index (χ0) is 27.4. The normalized spacial score (nSPS) is 15.2. The molecule has 2 N–H and O–H groups in total. The lowest BCUT2D eigenvalue weighted by Crippen LogP contribution is -2.30. The van der Waals surface area contributed by atoms with Crippen LogP contribution in [0.4, 0.5) is 10.7 Å². The smallest absolute Gasteiger partial charge is 0.341 e. The molecule has 0 unspecified atom stereocenters. The van der Waals surface area contributed by atoms with Crippen LogP contribution in [0.1, 0.15) is 69.5 Å². The first-order valence-electron chi connectivity index (χ1n) is 12.9. The van der Waals surface area contributed by atoms with Crippen molar-refractivity contribution in [3.05, 3.63) is 75.2 Å². The quantitative estimate of drug-likeness (QED) is 0.330. The van der Waals surface area contributed by atoms with Crippen LogP contribution in [0.15, 0.2) is 42.5 Å². The van der Waals surface area contributed by atoms with E-state index < -0.39 is 12.1 Å². The Balaban J connectivity index is 1.42. The van der Waals surface area contributed by atoms with Gasteiger partial charge in [-0.3, -0.25) is 9.59 Å². The summed E-state index contributed by atoms with van der Waals surface area (Å²) in [6, 6.07) is 12.4. The third-order valence-corrected chi connectivity index (χ3v) is 7.83. The van der Waals surface area contributed by atoms with Crippen molar-refractivity contribution in [3.8, 4) is 5.75 Å². The molecule has 2 amide bonds. The lowest BCUT2D eigenvalue weighted by molar-refractivity contribution is -0.122. The number of ether oxygens (including phenoxy) is 2. The zero-order valence-electron chi connectivity index (χ0n) is 22.5. The zero-order valence-corrected chi connectivity index (χ0v) is 23.3. The Morgan fingerprint density at radius 1 is 1.08 bits per heavy atom. The molecule has 1 aromatic heterocycles. The van der Waals surface area contributed by atoms with Gasteiger partial charge in [0.25, 0.3) is 11.8 Å². The number of carbonyl (C=O) groups is 3. The maximum atomic E-state index is 13.1. The molecule has 7 nitrogen and oxygen atoms in total. The summed E-state index contributed by atoms with van der Waals surface area (Å²) in [7, 11) is 0. The Hall–Kier alpha value is -3.65. The van der Waals surface area contributed by atoms with E-state index in [1.165, 1.54) is 11.3 Å². The van der Waals surface area contributed by atoms with E-state index in [0.29, 0.717) is 27.8 Å². The molecule has 0 bridgehead atoms. The van der Waals surface area contributed by atoms with Crippen molar-refractivity contribution < 1.29 is 23.9 Å². The minimum atomic E-state index is -0.734. The van der Waals surface area contributed by atoms with Crippen LogP contribution in [-0.4, -0.2) is 30.5 Å². The molecule has 0 radical (unpaired) electrons. The summed E-state index contributed by atoms with van der Waals surface area (Å²) in [4.78, 5) is 39.6. The molecule has 200 valence electrons. The summed E-state index contributed by atoms with van der Waals surface area (Å²) >= 11 is 1.46. The van der Waals surface area contributed by atoms with E-state index in [9.17, 15) is 14.4 Å². The molecule has 0 aliphatic heterocycles. The topological polar surface area (TPSA) is 93.7 Å². The second-order valence-corrected chi connectivity index (χ2v) is 10.9. The summed E-state index contributed by atoms with van der Waals surface area (Å²) < 4.78 is 11.1. The highest BCUT2D eigenvalue weighted by Gasteiger charge is 2.29. The molecular formula is C30H34N2O5S. The second kappa shape index (κ2) is 11.8. The number of esters is 1. The van der Waals surface area contributed by atoms with Gasteiger partial charge in [0, 0.05) is 16.1 Å². The van der Waals surface area contributed by atoms with Gasteiger partial charge in [0.1, 0.15) is 10.8 Å². The molecule has 3 aromatic rings. The Kier molecular flexibility index (Phi) is 8.52. The highest BCUT2D eigenvalue weighted by Crippen LogP contribution is 2.40. The third-order valence-electron chi connectivity index (χ3n) is 6.66. The van der Waals surface area contributed by atoms with E-state index in [0.717, 1.165) is 46.5 Å². The van der Waals surface area contributed by atoms with E-state index >= 15 is 0 Å². The number of fused-ring (bicyclic) bond motifs is 1. The van der Waals surface area contributed by atoms with Crippen LogP contribution in [0.5, 0.6) is 5.75 Å². The van der Waals surface area contributed by atoms with Crippen molar-refractivity contribution in [2.75, 3.05) is 17.2 Å². The van der Waals surface area contributed by atoms with E-state index in [-0.39, 0.29) is 18.4 Å². The van der Waals surface area contributed by atoms with Crippen molar-refractivity contribution in [2.24, 2.45) is 5.92 Å². The van der Waals surface area contributed by atoms with Gasteiger partial charge in [-0.1, -0.05) is 24.6 Å². The van der Waals surface area contributed by atoms with Crippen molar-refractivity contribution in [1.82, 2.24) is 0 Å². The molecule has 0 spiro atoms. The third kappa shape index (κ3) is 6.25. The van der Waals surface area contributed by atoms with Gasteiger partial charge in [0.15, 0.2) is 6.10 Å².